The van der Waals surface area contributed by atoms with Crippen molar-refractivity contribution in [1.82, 2.24) is 4.98 Å². The molecule has 0 saturated heterocycles. The molecule has 2 rings (SSSR count). The van der Waals surface area contributed by atoms with Crippen LogP contribution >= 0.6 is 0 Å². The van der Waals surface area contributed by atoms with Crippen LogP contribution in [-0.4, -0.2) is 4.98 Å². The fourth-order valence-electron chi connectivity index (χ4n) is 2.03. The molecule has 1 aromatic carbocycles. The molecule has 2 aromatic rings. The van der Waals surface area contributed by atoms with Crippen molar-refractivity contribution in [2.45, 2.75) is 53.4 Å². The second-order valence-corrected chi connectivity index (χ2v) is 4.86. The zero-order valence-electron chi connectivity index (χ0n) is 12.0. The highest BCUT2D eigenvalue weighted by molar-refractivity contribution is 5.84. The van der Waals surface area contributed by atoms with Crippen molar-refractivity contribution in [3.05, 3.63) is 35.5 Å². The van der Waals surface area contributed by atoms with E-state index >= 15 is 0 Å². The maximum absolute atomic E-state index is 3.31. The van der Waals surface area contributed by atoms with Crippen molar-refractivity contribution in [3.8, 4) is 0 Å². The molecule has 0 bridgehead atoms. The number of benzene rings is 1. The van der Waals surface area contributed by atoms with Gasteiger partial charge in [0, 0.05) is 17.1 Å². The minimum atomic E-state index is 0.585. The molecule has 1 heterocycles. The van der Waals surface area contributed by atoms with E-state index in [1.807, 2.05) is 20.0 Å². The summed E-state index contributed by atoms with van der Waals surface area (Å²) in [4.78, 5) is 3.31. The summed E-state index contributed by atoms with van der Waals surface area (Å²) < 4.78 is 0. The summed E-state index contributed by atoms with van der Waals surface area (Å²) in [6.07, 6.45) is 2.03. The second kappa shape index (κ2) is 5.90. The van der Waals surface area contributed by atoms with Gasteiger partial charge in [0.1, 0.15) is 0 Å². The third kappa shape index (κ3) is 2.91. The molecule has 94 valence electrons. The first-order chi connectivity index (χ1) is 8.09. The lowest BCUT2D eigenvalue weighted by Gasteiger charge is -2.12. The van der Waals surface area contributed by atoms with E-state index < -0.39 is 0 Å². The summed E-state index contributed by atoms with van der Waals surface area (Å²) in [7, 11) is 0. The number of aromatic nitrogens is 1. The Kier molecular flexibility index (Phi) is 4.80. The first-order valence-electron chi connectivity index (χ1n) is 6.70. The van der Waals surface area contributed by atoms with Gasteiger partial charge < -0.3 is 4.98 Å². The molecule has 0 radical (unpaired) electrons. The van der Waals surface area contributed by atoms with Crippen LogP contribution in [0.5, 0.6) is 0 Å². The van der Waals surface area contributed by atoms with Gasteiger partial charge in [-0.2, -0.15) is 0 Å². The van der Waals surface area contributed by atoms with Crippen molar-refractivity contribution < 1.29 is 0 Å². The van der Waals surface area contributed by atoms with Gasteiger partial charge in [-0.15, -0.1) is 0 Å². The molecule has 0 atom stereocenters. The van der Waals surface area contributed by atoms with Gasteiger partial charge in [0.15, 0.2) is 0 Å². The Morgan fingerprint density at radius 1 is 0.941 bits per heavy atom. The van der Waals surface area contributed by atoms with Gasteiger partial charge in [-0.25, -0.2) is 0 Å². The Balaban J connectivity index is 0.000000686. The van der Waals surface area contributed by atoms with Crippen LogP contribution < -0.4 is 0 Å². The second-order valence-electron chi connectivity index (χ2n) is 4.86. The summed E-state index contributed by atoms with van der Waals surface area (Å²) in [5, 5.41) is 1.37. The van der Waals surface area contributed by atoms with Gasteiger partial charge in [0.05, 0.1) is 0 Å². The van der Waals surface area contributed by atoms with E-state index in [2.05, 4.69) is 50.9 Å². The molecular formula is C16H25N. The van der Waals surface area contributed by atoms with Crippen LogP contribution in [0.15, 0.2) is 24.4 Å². The zero-order chi connectivity index (χ0) is 13.0. The number of H-pyrrole nitrogens is 1. The predicted molar refractivity (Wildman–Crippen MR) is 77.8 cm³/mol. The zero-order valence-corrected chi connectivity index (χ0v) is 12.0. The quantitative estimate of drug-likeness (QED) is 0.708. The van der Waals surface area contributed by atoms with Crippen LogP contribution in [0, 0.1) is 0 Å². The number of rotatable bonds is 2. The Morgan fingerprint density at radius 3 is 2.12 bits per heavy atom. The molecule has 1 aromatic heterocycles. The normalized spacial score (nSPS) is 10.8. The monoisotopic (exact) mass is 231 g/mol. The van der Waals surface area contributed by atoms with Gasteiger partial charge in [0.2, 0.25) is 0 Å². The average molecular weight is 231 g/mol. The fraction of sp³-hybridized carbons (Fsp3) is 0.500. The number of aromatic amines is 1. The van der Waals surface area contributed by atoms with E-state index in [1.54, 1.807) is 0 Å². The highest BCUT2D eigenvalue weighted by atomic mass is 14.7. The van der Waals surface area contributed by atoms with Gasteiger partial charge in [-0.3, -0.25) is 0 Å². The van der Waals surface area contributed by atoms with Gasteiger partial charge in [0.25, 0.3) is 0 Å². The molecule has 1 heteroatoms. The number of fused-ring (bicyclic) bond motifs is 1. The van der Waals surface area contributed by atoms with E-state index in [4.69, 9.17) is 0 Å². The summed E-state index contributed by atoms with van der Waals surface area (Å²) >= 11 is 0. The van der Waals surface area contributed by atoms with Crippen molar-refractivity contribution in [2.24, 2.45) is 0 Å². The van der Waals surface area contributed by atoms with Crippen molar-refractivity contribution in [2.75, 3.05) is 0 Å². The third-order valence-corrected chi connectivity index (χ3v) is 3.01. The topological polar surface area (TPSA) is 15.8 Å². The van der Waals surface area contributed by atoms with Crippen LogP contribution in [-0.2, 0) is 0 Å². The number of hydrogen-bond donors (Lipinski definition) is 1. The van der Waals surface area contributed by atoms with Crippen LogP contribution in [0.4, 0.5) is 0 Å². The SMILES string of the molecule is CC.CC(C)c1cc(C(C)C)c2cc[nH]c2c1. The van der Waals surface area contributed by atoms with Crippen LogP contribution in [0.1, 0.15) is 64.5 Å². The standard InChI is InChI=1S/C14H19N.C2H6/c1-9(2)11-7-13(10(3)4)12-5-6-15-14(12)8-11;1-2/h5-10,15H,1-4H3;1-2H3. The van der Waals surface area contributed by atoms with Crippen molar-refractivity contribution in [3.63, 3.8) is 0 Å². The lowest BCUT2D eigenvalue weighted by atomic mass is 9.93. The molecule has 0 fully saturated rings. The maximum Gasteiger partial charge on any atom is 0.0459 e. The van der Waals surface area contributed by atoms with Crippen LogP contribution in [0.3, 0.4) is 0 Å². The van der Waals surface area contributed by atoms with Gasteiger partial charge in [-0.1, -0.05) is 47.6 Å². The van der Waals surface area contributed by atoms with Crippen LogP contribution in [0.2, 0.25) is 0 Å². The largest absolute Gasteiger partial charge is 0.361 e. The minimum Gasteiger partial charge on any atom is -0.361 e. The van der Waals surface area contributed by atoms with E-state index in [9.17, 15) is 0 Å². The van der Waals surface area contributed by atoms with E-state index in [-0.39, 0.29) is 0 Å². The predicted octanol–water partition coefficient (Wildman–Crippen LogP) is 5.44. The highest BCUT2D eigenvalue weighted by Crippen LogP contribution is 2.29. The summed E-state index contributed by atoms with van der Waals surface area (Å²) in [6, 6.07) is 6.80. The molecule has 0 spiro atoms. The van der Waals surface area contributed by atoms with E-state index in [0.717, 1.165) is 0 Å². The lowest BCUT2D eigenvalue weighted by Crippen LogP contribution is -1.94. The van der Waals surface area contributed by atoms with Gasteiger partial charge in [-0.05, 0) is 35.1 Å². The highest BCUT2D eigenvalue weighted by Gasteiger charge is 2.09. The fourth-order valence-corrected chi connectivity index (χ4v) is 2.03. The molecule has 0 unspecified atom stereocenters. The molecule has 0 aliphatic heterocycles. The minimum absolute atomic E-state index is 0.585. The van der Waals surface area contributed by atoms with Gasteiger partial charge >= 0.3 is 0 Å². The Bertz CT molecular complexity index is 463. The molecule has 0 aliphatic rings. The first kappa shape index (κ1) is 13.8. The van der Waals surface area contributed by atoms with E-state index in [1.165, 1.54) is 22.0 Å². The number of nitrogens with one attached hydrogen (secondary N) is 1. The molecule has 0 amide bonds. The molecule has 1 N–H and O–H groups in total. The summed E-state index contributed by atoms with van der Waals surface area (Å²) in [5.74, 6) is 1.18. The summed E-state index contributed by atoms with van der Waals surface area (Å²) in [6.45, 7) is 13.0. The summed E-state index contributed by atoms with van der Waals surface area (Å²) in [5.41, 5.74) is 4.15. The first-order valence-corrected chi connectivity index (χ1v) is 6.70. The van der Waals surface area contributed by atoms with E-state index in [0.29, 0.717) is 11.8 Å². The van der Waals surface area contributed by atoms with Crippen LogP contribution in [0.25, 0.3) is 10.9 Å². The van der Waals surface area contributed by atoms with Crippen molar-refractivity contribution in [1.29, 1.82) is 0 Å². The molecule has 1 nitrogen and oxygen atoms in total. The smallest absolute Gasteiger partial charge is 0.0459 e. The Hall–Kier alpha value is -1.24. The molecule has 17 heavy (non-hydrogen) atoms. The Labute approximate surface area is 105 Å². The lowest BCUT2D eigenvalue weighted by molar-refractivity contribution is 0.841. The third-order valence-electron chi connectivity index (χ3n) is 3.01. The molecular weight excluding hydrogens is 206 g/mol. The Morgan fingerprint density at radius 2 is 1.59 bits per heavy atom. The molecule has 0 saturated carbocycles. The molecule has 0 aliphatic carbocycles. The number of hydrogen-bond acceptors (Lipinski definition) is 0. The average Bonchev–Trinajstić information content (AvgIpc) is 2.77. The maximum atomic E-state index is 3.31. The van der Waals surface area contributed by atoms with Crippen molar-refractivity contribution >= 4 is 10.9 Å².